The first kappa shape index (κ1) is 16.4. The summed E-state index contributed by atoms with van der Waals surface area (Å²) in [6.07, 6.45) is 1.89. The number of fused-ring (bicyclic) bond motifs is 1. The van der Waals surface area contributed by atoms with Gasteiger partial charge in [0.15, 0.2) is 4.96 Å². The highest BCUT2D eigenvalue weighted by molar-refractivity contribution is 7.15. The topological polar surface area (TPSA) is 55.6 Å². The Morgan fingerprint density at radius 2 is 1.92 bits per heavy atom. The standard InChI is InChI=1S/C20H17N3O2S/c1-25-16-9-7-15(8-10-16)17-12-23-18(13-26-20(23)22-17)19(24)21-11-14-5-3-2-4-6-14/h2-10,12-13H,11H2,1H3,(H,21,24). The second kappa shape index (κ2) is 7.01. The fourth-order valence-electron chi connectivity index (χ4n) is 2.72. The molecule has 0 bridgehead atoms. The number of thiazole rings is 1. The molecule has 130 valence electrons. The molecule has 0 aliphatic rings. The van der Waals surface area contributed by atoms with E-state index in [1.54, 1.807) is 7.11 Å². The van der Waals surface area contributed by atoms with Crippen LogP contribution >= 0.6 is 11.3 Å². The van der Waals surface area contributed by atoms with Crippen LogP contribution in [0.5, 0.6) is 5.75 Å². The summed E-state index contributed by atoms with van der Waals surface area (Å²) in [4.78, 5) is 18.0. The van der Waals surface area contributed by atoms with Crippen molar-refractivity contribution < 1.29 is 9.53 Å². The van der Waals surface area contributed by atoms with Gasteiger partial charge in [-0.3, -0.25) is 9.20 Å². The number of hydrogen-bond acceptors (Lipinski definition) is 4. The number of carbonyl (C=O) groups is 1. The summed E-state index contributed by atoms with van der Waals surface area (Å²) in [5, 5.41) is 4.79. The molecule has 0 atom stereocenters. The van der Waals surface area contributed by atoms with Crippen LogP contribution in [0.25, 0.3) is 16.2 Å². The summed E-state index contributed by atoms with van der Waals surface area (Å²) >= 11 is 1.45. The van der Waals surface area contributed by atoms with E-state index in [0.717, 1.165) is 27.5 Å². The van der Waals surface area contributed by atoms with Crippen molar-refractivity contribution in [3.8, 4) is 17.0 Å². The predicted molar refractivity (Wildman–Crippen MR) is 103 cm³/mol. The molecule has 2 aromatic heterocycles. The van der Waals surface area contributed by atoms with E-state index < -0.39 is 0 Å². The smallest absolute Gasteiger partial charge is 0.269 e. The Bertz CT molecular complexity index is 1040. The van der Waals surface area contributed by atoms with Gasteiger partial charge < -0.3 is 10.1 Å². The van der Waals surface area contributed by atoms with Crippen molar-refractivity contribution in [1.82, 2.24) is 14.7 Å². The predicted octanol–water partition coefficient (Wildman–Crippen LogP) is 4.00. The first-order chi connectivity index (χ1) is 12.7. The van der Waals surface area contributed by atoms with E-state index in [1.807, 2.05) is 70.6 Å². The molecule has 26 heavy (non-hydrogen) atoms. The minimum Gasteiger partial charge on any atom is -0.497 e. The quantitative estimate of drug-likeness (QED) is 0.583. The Kier molecular flexibility index (Phi) is 4.41. The molecule has 0 unspecified atom stereocenters. The molecule has 0 spiro atoms. The molecule has 1 amide bonds. The lowest BCUT2D eigenvalue weighted by Gasteiger charge is -2.04. The van der Waals surface area contributed by atoms with Gasteiger partial charge in [-0.15, -0.1) is 11.3 Å². The number of nitrogens with zero attached hydrogens (tertiary/aromatic N) is 2. The molecule has 0 aliphatic heterocycles. The zero-order valence-corrected chi connectivity index (χ0v) is 15.0. The Hall–Kier alpha value is -3.12. The molecule has 5 nitrogen and oxygen atoms in total. The van der Waals surface area contributed by atoms with Crippen molar-refractivity contribution in [1.29, 1.82) is 0 Å². The fourth-order valence-corrected chi connectivity index (χ4v) is 3.57. The van der Waals surface area contributed by atoms with Crippen molar-refractivity contribution in [2.45, 2.75) is 6.54 Å². The summed E-state index contributed by atoms with van der Waals surface area (Å²) in [7, 11) is 1.64. The summed E-state index contributed by atoms with van der Waals surface area (Å²) in [6.45, 7) is 0.497. The largest absolute Gasteiger partial charge is 0.497 e. The summed E-state index contributed by atoms with van der Waals surface area (Å²) in [5.74, 6) is 0.689. The third-order valence-electron chi connectivity index (χ3n) is 4.12. The maximum absolute atomic E-state index is 12.6. The average molecular weight is 363 g/mol. The number of amides is 1. The van der Waals surface area contributed by atoms with Crippen LogP contribution in [-0.4, -0.2) is 22.4 Å². The van der Waals surface area contributed by atoms with E-state index in [2.05, 4.69) is 10.3 Å². The summed E-state index contributed by atoms with van der Waals surface area (Å²) in [5.41, 5.74) is 3.47. The number of carbonyl (C=O) groups excluding carboxylic acids is 1. The van der Waals surface area contributed by atoms with Gasteiger partial charge >= 0.3 is 0 Å². The van der Waals surface area contributed by atoms with Gasteiger partial charge in [-0.25, -0.2) is 4.98 Å². The van der Waals surface area contributed by atoms with Crippen molar-refractivity contribution in [2.24, 2.45) is 0 Å². The summed E-state index contributed by atoms with van der Waals surface area (Å²) < 4.78 is 7.02. The lowest BCUT2D eigenvalue weighted by molar-refractivity contribution is 0.0945. The van der Waals surface area contributed by atoms with Crippen molar-refractivity contribution in [3.63, 3.8) is 0 Å². The average Bonchev–Trinajstić information content (AvgIpc) is 3.28. The van der Waals surface area contributed by atoms with E-state index in [-0.39, 0.29) is 5.91 Å². The second-order valence-corrected chi connectivity index (χ2v) is 6.63. The molecular formula is C20H17N3O2S. The molecule has 0 radical (unpaired) electrons. The highest BCUT2D eigenvalue weighted by Crippen LogP contribution is 2.25. The zero-order valence-electron chi connectivity index (χ0n) is 14.2. The molecule has 6 heteroatoms. The van der Waals surface area contributed by atoms with Crippen molar-refractivity contribution >= 4 is 22.2 Å². The monoisotopic (exact) mass is 363 g/mol. The van der Waals surface area contributed by atoms with E-state index in [9.17, 15) is 4.79 Å². The minimum atomic E-state index is -0.112. The third-order valence-corrected chi connectivity index (χ3v) is 4.96. The van der Waals surface area contributed by atoms with Crippen molar-refractivity contribution in [3.05, 3.63) is 77.4 Å². The number of methoxy groups -OCH3 is 1. The van der Waals surface area contributed by atoms with Crippen molar-refractivity contribution in [2.75, 3.05) is 7.11 Å². The number of benzene rings is 2. The van der Waals surface area contributed by atoms with Crippen LogP contribution in [-0.2, 0) is 6.54 Å². The van der Waals surface area contributed by atoms with Gasteiger partial charge in [0, 0.05) is 23.7 Å². The first-order valence-corrected chi connectivity index (χ1v) is 9.06. The minimum absolute atomic E-state index is 0.112. The van der Waals surface area contributed by atoms with Crippen LogP contribution in [0, 0.1) is 0 Å². The Labute approximate surface area is 154 Å². The van der Waals surface area contributed by atoms with E-state index in [4.69, 9.17) is 4.74 Å². The first-order valence-electron chi connectivity index (χ1n) is 8.18. The van der Waals surface area contributed by atoms with E-state index in [1.165, 1.54) is 11.3 Å². The van der Waals surface area contributed by atoms with Crippen LogP contribution < -0.4 is 10.1 Å². The SMILES string of the molecule is COc1ccc(-c2cn3c(C(=O)NCc4ccccc4)csc3n2)cc1. The lowest BCUT2D eigenvalue weighted by atomic mass is 10.2. The van der Waals surface area contributed by atoms with Crippen LogP contribution in [0.3, 0.4) is 0 Å². The maximum atomic E-state index is 12.6. The molecule has 0 saturated carbocycles. The molecule has 4 rings (SSSR count). The number of ether oxygens (including phenoxy) is 1. The molecule has 2 heterocycles. The Morgan fingerprint density at radius 3 is 2.65 bits per heavy atom. The van der Waals surface area contributed by atoms with Crippen LogP contribution in [0.2, 0.25) is 0 Å². The molecule has 1 N–H and O–H groups in total. The maximum Gasteiger partial charge on any atom is 0.269 e. The lowest BCUT2D eigenvalue weighted by Crippen LogP contribution is -2.23. The Balaban J connectivity index is 1.56. The van der Waals surface area contributed by atoms with E-state index >= 15 is 0 Å². The van der Waals surface area contributed by atoms with Gasteiger partial charge in [0.25, 0.3) is 5.91 Å². The highest BCUT2D eigenvalue weighted by Gasteiger charge is 2.15. The third kappa shape index (κ3) is 3.19. The van der Waals surface area contributed by atoms with Gasteiger partial charge in [-0.2, -0.15) is 0 Å². The molecule has 2 aromatic carbocycles. The van der Waals surface area contributed by atoms with Gasteiger partial charge in [0.05, 0.1) is 12.8 Å². The van der Waals surface area contributed by atoms with Gasteiger partial charge in [0.2, 0.25) is 0 Å². The number of hydrogen-bond donors (Lipinski definition) is 1. The summed E-state index contributed by atoms with van der Waals surface area (Å²) in [6, 6.07) is 17.6. The number of imidazole rings is 1. The number of rotatable bonds is 5. The molecule has 0 saturated heterocycles. The van der Waals surface area contributed by atoms with E-state index in [0.29, 0.717) is 12.2 Å². The molecule has 0 fully saturated rings. The van der Waals surface area contributed by atoms with Gasteiger partial charge in [-0.1, -0.05) is 30.3 Å². The number of aromatic nitrogens is 2. The highest BCUT2D eigenvalue weighted by atomic mass is 32.1. The Morgan fingerprint density at radius 1 is 1.15 bits per heavy atom. The normalized spacial score (nSPS) is 10.8. The zero-order chi connectivity index (χ0) is 17.9. The van der Waals surface area contributed by atoms with Gasteiger partial charge in [-0.05, 0) is 29.8 Å². The second-order valence-electron chi connectivity index (χ2n) is 5.80. The van der Waals surface area contributed by atoms with Crippen LogP contribution in [0.4, 0.5) is 0 Å². The van der Waals surface area contributed by atoms with Gasteiger partial charge in [0.1, 0.15) is 11.4 Å². The number of nitrogens with one attached hydrogen (secondary N) is 1. The molecule has 0 aliphatic carbocycles. The van der Waals surface area contributed by atoms with Crippen LogP contribution in [0.1, 0.15) is 16.1 Å². The molecule has 4 aromatic rings. The van der Waals surface area contributed by atoms with Crippen LogP contribution in [0.15, 0.2) is 66.2 Å². The molecular weight excluding hydrogens is 346 g/mol. The fraction of sp³-hybridized carbons (Fsp3) is 0.100.